The smallest absolute Gasteiger partial charge is 0.244 e. The van der Waals surface area contributed by atoms with E-state index in [2.05, 4.69) is 15.5 Å². The molecule has 0 spiro atoms. The molecule has 0 fully saturated rings. The Morgan fingerprint density at radius 3 is 2.52 bits per heavy atom. The molecule has 1 atom stereocenters. The summed E-state index contributed by atoms with van der Waals surface area (Å²) in [5.41, 5.74) is 7.87. The predicted octanol–water partition coefficient (Wildman–Crippen LogP) is 2.95. The van der Waals surface area contributed by atoms with Crippen molar-refractivity contribution < 1.29 is 4.79 Å². The van der Waals surface area contributed by atoms with E-state index in [4.69, 9.17) is 5.73 Å². The molecule has 1 amide bonds. The van der Waals surface area contributed by atoms with Gasteiger partial charge in [-0.15, -0.1) is 12.4 Å². The Hall–Kier alpha value is -1.85. The van der Waals surface area contributed by atoms with E-state index < -0.39 is 5.54 Å². The SMILES string of the molecule is CCCC(C)(N)C(=O)Nc1ccc(-c2ccn[nH]2)cc1.Cl. The molecule has 6 heteroatoms. The number of benzene rings is 1. The summed E-state index contributed by atoms with van der Waals surface area (Å²) in [5.74, 6) is -0.159. The Balaban J connectivity index is 0.00000220. The molecule has 2 aromatic rings. The van der Waals surface area contributed by atoms with Crippen LogP contribution in [-0.2, 0) is 4.79 Å². The third-order valence-electron chi connectivity index (χ3n) is 3.24. The Bertz CT molecular complexity index is 564. The van der Waals surface area contributed by atoms with E-state index in [-0.39, 0.29) is 18.3 Å². The molecule has 0 radical (unpaired) electrons. The zero-order valence-corrected chi connectivity index (χ0v) is 13.0. The van der Waals surface area contributed by atoms with E-state index in [0.717, 1.165) is 23.4 Å². The van der Waals surface area contributed by atoms with Gasteiger partial charge in [0.2, 0.25) is 5.91 Å². The van der Waals surface area contributed by atoms with Crippen molar-refractivity contribution in [2.45, 2.75) is 32.2 Å². The van der Waals surface area contributed by atoms with Crippen LogP contribution in [0.25, 0.3) is 11.3 Å². The van der Waals surface area contributed by atoms with Crippen LogP contribution in [0, 0.1) is 0 Å². The zero-order valence-electron chi connectivity index (χ0n) is 12.2. The highest BCUT2D eigenvalue weighted by atomic mass is 35.5. The summed E-state index contributed by atoms with van der Waals surface area (Å²) in [5, 5.41) is 9.66. The molecule has 1 heterocycles. The van der Waals surface area contributed by atoms with Crippen molar-refractivity contribution >= 4 is 24.0 Å². The molecule has 0 saturated heterocycles. The van der Waals surface area contributed by atoms with Crippen LogP contribution in [0.4, 0.5) is 5.69 Å². The van der Waals surface area contributed by atoms with E-state index in [9.17, 15) is 4.79 Å². The van der Waals surface area contributed by atoms with Crippen LogP contribution < -0.4 is 11.1 Å². The van der Waals surface area contributed by atoms with Crippen LogP contribution in [0.2, 0.25) is 0 Å². The van der Waals surface area contributed by atoms with E-state index in [1.165, 1.54) is 0 Å². The number of carbonyl (C=O) groups is 1. The molecule has 1 aromatic heterocycles. The Morgan fingerprint density at radius 1 is 1.33 bits per heavy atom. The third kappa shape index (κ3) is 4.31. The molecule has 21 heavy (non-hydrogen) atoms. The summed E-state index contributed by atoms with van der Waals surface area (Å²) >= 11 is 0. The summed E-state index contributed by atoms with van der Waals surface area (Å²) in [6, 6.07) is 9.46. The minimum Gasteiger partial charge on any atom is -0.325 e. The quantitative estimate of drug-likeness (QED) is 0.794. The molecule has 0 aliphatic heterocycles. The highest BCUT2D eigenvalue weighted by Crippen LogP contribution is 2.20. The monoisotopic (exact) mass is 308 g/mol. The van der Waals surface area contributed by atoms with Gasteiger partial charge in [0, 0.05) is 11.9 Å². The largest absolute Gasteiger partial charge is 0.325 e. The van der Waals surface area contributed by atoms with E-state index >= 15 is 0 Å². The Kier molecular flexibility index (Phi) is 5.93. The molecule has 0 aliphatic rings. The van der Waals surface area contributed by atoms with Crippen molar-refractivity contribution in [2.24, 2.45) is 5.73 Å². The third-order valence-corrected chi connectivity index (χ3v) is 3.24. The highest BCUT2D eigenvalue weighted by Gasteiger charge is 2.27. The van der Waals surface area contributed by atoms with Gasteiger partial charge < -0.3 is 11.1 Å². The second-order valence-electron chi connectivity index (χ2n) is 5.17. The van der Waals surface area contributed by atoms with Gasteiger partial charge in [0.05, 0.1) is 11.2 Å². The first kappa shape index (κ1) is 17.2. The molecule has 4 N–H and O–H groups in total. The summed E-state index contributed by atoms with van der Waals surface area (Å²) < 4.78 is 0. The number of amides is 1. The molecular weight excluding hydrogens is 288 g/mol. The van der Waals surface area contributed by atoms with Crippen LogP contribution in [0.5, 0.6) is 0 Å². The topological polar surface area (TPSA) is 83.8 Å². The zero-order chi connectivity index (χ0) is 14.6. The minimum atomic E-state index is -0.837. The van der Waals surface area contributed by atoms with Crippen molar-refractivity contribution in [1.82, 2.24) is 10.2 Å². The van der Waals surface area contributed by atoms with E-state index in [0.29, 0.717) is 6.42 Å². The van der Waals surface area contributed by atoms with Crippen LogP contribution in [0.15, 0.2) is 36.5 Å². The minimum absolute atomic E-state index is 0. The number of rotatable bonds is 5. The average Bonchev–Trinajstić information content (AvgIpc) is 2.93. The van der Waals surface area contributed by atoms with Crippen LogP contribution >= 0.6 is 12.4 Å². The van der Waals surface area contributed by atoms with Gasteiger partial charge in [-0.25, -0.2) is 0 Å². The lowest BCUT2D eigenvalue weighted by atomic mass is 9.96. The molecule has 1 aromatic carbocycles. The second-order valence-corrected chi connectivity index (χ2v) is 5.17. The first-order valence-electron chi connectivity index (χ1n) is 6.73. The Morgan fingerprint density at radius 2 is 2.00 bits per heavy atom. The number of hydrogen-bond acceptors (Lipinski definition) is 3. The molecule has 1 unspecified atom stereocenters. The molecule has 0 saturated carbocycles. The van der Waals surface area contributed by atoms with E-state index in [1.54, 1.807) is 13.1 Å². The van der Waals surface area contributed by atoms with Gasteiger partial charge in [-0.05, 0) is 37.1 Å². The number of hydrogen-bond donors (Lipinski definition) is 3. The molecule has 2 rings (SSSR count). The number of nitrogens with two attached hydrogens (primary N) is 1. The molecule has 5 nitrogen and oxygen atoms in total. The maximum Gasteiger partial charge on any atom is 0.244 e. The standard InChI is InChI=1S/C15H20N4O.ClH/c1-3-9-15(2,16)14(20)18-12-6-4-11(5-7-12)13-8-10-17-19-13;/h4-8,10H,3,9,16H2,1-2H3,(H,17,19)(H,18,20);1H. The number of aromatic amines is 1. The van der Waals surface area contributed by atoms with Crippen molar-refractivity contribution in [2.75, 3.05) is 5.32 Å². The molecule has 114 valence electrons. The lowest BCUT2D eigenvalue weighted by Crippen LogP contribution is -2.48. The second kappa shape index (κ2) is 7.24. The fourth-order valence-electron chi connectivity index (χ4n) is 2.06. The van der Waals surface area contributed by atoms with Gasteiger partial charge in [0.25, 0.3) is 0 Å². The summed E-state index contributed by atoms with van der Waals surface area (Å²) in [7, 11) is 0. The Labute approximate surface area is 130 Å². The maximum absolute atomic E-state index is 12.1. The van der Waals surface area contributed by atoms with Crippen molar-refractivity contribution in [3.05, 3.63) is 36.5 Å². The number of anilines is 1. The molecule has 0 aliphatic carbocycles. The lowest BCUT2D eigenvalue weighted by Gasteiger charge is -2.22. The van der Waals surface area contributed by atoms with E-state index in [1.807, 2.05) is 37.3 Å². The van der Waals surface area contributed by atoms with Crippen LogP contribution in [-0.4, -0.2) is 21.6 Å². The number of nitrogens with one attached hydrogen (secondary N) is 2. The van der Waals surface area contributed by atoms with Gasteiger partial charge in [0.1, 0.15) is 0 Å². The van der Waals surface area contributed by atoms with Crippen molar-refractivity contribution in [3.63, 3.8) is 0 Å². The summed E-state index contributed by atoms with van der Waals surface area (Å²) in [6.07, 6.45) is 3.24. The first-order chi connectivity index (χ1) is 9.53. The lowest BCUT2D eigenvalue weighted by molar-refractivity contribution is -0.120. The van der Waals surface area contributed by atoms with Crippen molar-refractivity contribution in [1.29, 1.82) is 0 Å². The van der Waals surface area contributed by atoms with Crippen LogP contribution in [0.3, 0.4) is 0 Å². The van der Waals surface area contributed by atoms with Gasteiger partial charge in [-0.2, -0.15) is 5.10 Å². The molecular formula is C15H21ClN4O. The fraction of sp³-hybridized carbons (Fsp3) is 0.333. The van der Waals surface area contributed by atoms with Gasteiger partial charge in [-0.3, -0.25) is 9.89 Å². The number of nitrogens with zero attached hydrogens (tertiary/aromatic N) is 1. The summed E-state index contributed by atoms with van der Waals surface area (Å²) in [4.78, 5) is 12.1. The van der Waals surface area contributed by atoms with Crippen LogP contribution in [0.1, 0.15) is 26.7 Å². The average molecular weight is 309 g/mol. The predicted molar refractivity (Wildman–Crippen MR) is 87.4 cm³/mol. The number of H-pyrrole nitrogens is 1. The van der Waals surface area contributed by atoms with Crippen molar-refractivity contribution in [3.8, 4) is 11.3 Å². The fourth-order valence-corrected chi connectivity index (χ4v) is 2.06. The first-order valence-corrected chi connectivity index (χ1v) is 6.73. The summed E-state index contributed by atoms with van der Waals surface area (Å²) in [6.45, 7) is 3.77. The number of aromatic nitrogens is 2. The molecule has 0 bridgehead atoms. The van der Waals surface area contributed by atoms with Gasteiger partial charge in [0.15, 0.2) is 0 Å². The number of carbonyl (C=O) groups excluding carboxylic acids is 1. The highest BCUT2D eigenvalue weighted by molar-refractivity contribution is 5.97. The normalized spacial score (nSPS) is 13.1. The maximum atomic E-state index is 12.1. The van der Waals surface area contributed by atoms with Gasteiger partial charge >= 0.3 is 0 Å². The number of halogens is 1. The van der Waals surface area contributed by atoms with Gasteiger partial charge in [-0.1, -0.05) is 25.5 Å².